The molecule has 0 radical (unpaired) electrons. The number of amides is 1. The normalized spacial score (nSPS) is 23.4. The van der Waals surface area contributed by atoms with Crippen molar-refractivity contribution in [3.8, 4) is 16.8 Å². The lowest BCUT2D eigenvalue weighted by Crippen LogP contribution is -2.42. The summed E-state index contributed by atoms with van der Waals surface area (Å²) in [4.78, 5) is 26.7. The van der Waals surface area contributed by atoms with Crippen LogP contribution in [-0.4, -0.2) is 67.5 Å². The van der Waals surface area contributed by atoms with Crippen molar-refractivity contribution in [2.75, 3.05) is 18.9 Å². The maximum Gasteiger partial charge on any atom is 0.252 e. The molecule has 4 rings (SSSR count). The smallest absolute Gasteiger partial charge is 0.252 e. The fourth-order valence-corrected chi connectivity index (χ4v) is 4.02. The first kappa shape index (κ1) is 20.2. The highest BCUT2D eigenvalue weighted by Crippen LogP contribution is 2.34. The number of hydrogen-bond acceptors (Lipinski definition) is 10. The van der Waals surface area contributed by atoms with E-state index in [1.165, 1.54) is 22.2 Å². The lowest BCUT2D eigenvalue weighted by molar-refractivity contribution is -0.137. The third kappa shape index (κ3) is 3.27. The number of carbonyl (C=O) groups is 1. The Bertz CT molecular complexity index is 1140. The zero-order chi connectivity index (χ0) is 21.4. The van der Waals surface area contributed by atoms with Crippen LogP contribution < -0.4 is 10.6 Å². The molecular formula is C18H19N7O4S. The van der Waals surface area contributed by atoms with Crippen molar-refractivity contribution in [3.05, 3.63) is 23.3 Å². The topological polar surface area (TPSA) is 158 Å². The second-order valence-electron chi connectivity index (χ2n) is 6.57. The van der Waals surface area contributed by atoms with Gasteiger partial charge >= 0.3 is 0 Å². The van der Waals surface area contributed by atoms with Gasteiger partial charge in [-0.25, -0.2) is 15.0 Å². The van der Waals surface area contributed by atoms with E-state index < -0.39 is 30.4 Å². The van der Waals surface area contributed by atoms with Crippen LogP contribution in [0.1, 0.15) is 18.0 Å². The second-order valence-corrected chi connectivity index (χ2v) is 7.65. The van der Waals surface area contributed by atoms with Crippen LogP contribution in [0.5, 0.6) is 0 Å². The van der Waals surface area contributed by atoms with Crippen molar-refractivity contribution in [1.82, 2.24) is 24.8 Å². The minimum atomic E-state index is -1.40. The van der Waals surface area contributed by atoms with E-state index in [1.807, 2.05) is 0 Å². The van der Waals surface area contributed by atoms with Crippen LogP contribution in [0.15, 0.2) is 18.5 Å². The molecule has 0 aromatic carbocycles. The number of aliphatic hydroxyl groups is 2. The Hall–Kier alpha value is -3.11. The van der Waals surface area contributed by atoms with Crippen LogP contribution in [0, 0.1) is 11.3 Å². The summed E-state index contributed by atoms with van der Waals surface area (Å²) in [6.07, 6.45) is -3.64. The van der Waals surface area contributed by atoms with Crippen molar-refractivity contribution in [2.45, 2.75) is 31.5 Å². The van der Waals surface area contributed by atoms with Gasteiger partial charge in [-0.05, 0) is 19.1 Å². The van der Waals surface area contributed by atoms with Crippen LogP contribution >= 0.6 is 11.3 Å². The number of aliphatic hydroxyl groups excluding tert-OH is 2. The first-order chi connectivity index (χ1) is 14.5. The van der Waals surface area contributed by atoms with E-state index in [9.17, 15) is 15.0 Å². The molecule has 11 nitrogen and oxygen atoms in total. The standard InChI is InChI=1S/C18H19N7O4S/c1-3-21-17(28)13-11(26)12(27)18(29-13)25-7-22-10-15(20-2)23-14(24-16(10)25)9-5-4-8(6-19)30-9/h4-5,7,11-13,18,26-27H,3H2,1-2H3,(H,21,28)(H,20,23,24). The van der Waals surface area contributed by atoms with Crippen LogP contribution in [0.2, 0.25) is 0 Å². The molecule has 3 aromatic heterocycles. The van der Waals surface area contributed by atoms with Gasteiger partial charge in [0.1, 0.15) is 23.2 Å². The van der Waals surface area contributed by atoms with Gasteiger partial charge in [-0.2, -0.15) is 5.26 Å². The van der Waals surface area contributed by atoms with Crippen LogP contribution in [-0.2, 0) is 9.53 Å². The fraction of sp³-hybridized carbons (Fsp3) is 0.389. The third-order valence-corrected chi connectivity index (χ3v) is 5.70. The van der Waals surface area contributed by atoms with Crippen molar-refractivity contribution in [2.24, 2.45) is 0 Å². The molecule has 1 aliphatic heterocycles. The summed E-state index contributed by atoms with van der Waals surface area (Å²) in [7, 11) is 1.69. The zero-order valence-electron chi connectivity index (χ0n) is 16.1. The van der Waals surface area contributed by atoms with Crippen molar-refractivity contribution in [1.29, 1.82) is 5.26 Å². The number of nitrogens with one attached hydrogen (secondary N) is 2. The van der Waals surface area contributed by atoms with Crippen LogP contribution in [0.3, 0.4) is 0 Å². The Morgan fingerprint density at radius 1 is 1.37 bits per heavy atom. The number of aromatic nitrogens is 4. The molecule has 1 amide bonds. The van der Waals surface area contributed by atoms with Gasteiger partial charge < -0.3 is 25.6 Å². The first-order valence-corrected chi connectivity index (χ1v) is 10.0. The highest BCUT2D eigenvalue weighted by Gasteiger charge is 2.47. The number of thiophene rings is 1. The number of hydrogen-bond donors (Lipinski definition) is 4. The Morgan fingerprint density at radius 3 is 2.83 bits per heavy atom. The number of carbonyl (C=O) groups excluding carboxylic acids is 1. The molecule has 4 N–H and O–H groups in total. The van der Waals surface area contributed by atoms with Gasteiger partial charge in [0.05, 0.1) is 11.2 Å². The second kappa shape index (κ2) is 7.96. The number of fused-ring (bicyclic) bond motifs is 1. The molecule has 0 aliphatic carbocycles. The van der Waals surface area contributed by atoms with E-state index in [0.717, 1.165) is 0 Å². The first-order valence-electron chi connectivity index (χ1n) is 9.20. The minimum Gasteiger partial charge on any atom is -0.387 e. The molecule has 156 valence electrons. The van der Waals surface area contributed by atoms with Crippen molar-refractivity contribution in [3.63, 3.8) is 0 Å². The van der Waals surface area contributed by atoms with Crippen LogP contribution in [0.4, 0.5) is 5.82 Å². The van der Waals surface area contributed by atoms with Gasteiger partial charge in [-0.1, -0.05) is 0 Å². The fourth-order valence-electron chi connectivity index (χ4n) is 3.29. The zero-order valence-corrected chi connectivity index (χ0v) is 16.9. The van der Waals surface area contributed by atoms with E-state index in [4.69, 9.17) is 10.00 Å². The molecule has 4 atom stereocenters. The van der Waals surface area contributed by atoms with E-state index in [-0.39, 0.29) is 0 Å². The molecule has 1 aliphatic rings. The SMILES string of the molecule is CCNC(=O)C1OC(n2cnc3c(NC)nc(-c4ccc(C#N)s4)nc32)C(O)C1O. The summed E-state index contributed by atoms with van der Waals surface area (Å²) in [6, 6.07) is 5.51. The summed E-state index contributed by atoms with van der Waals surface area (Å²) >= 11 is 1.25. The third-order valence-electron chi connectivity index (χ3n) is 4.72. The van der Waals surface area contributed by atoms with Gasteiger partial charge in [0.25, 0.3) is 5.91 Å². The Balaban J connectivity index is 1.77. The largest absolute Gasteiger partial charge is 0.387 e. The number of nitrogens with zero attached hydrogens (tertiary/aromatic N) is 5. The number of likely N-dealkylation sites (N-methyl/N-ethyl adjacent to an activating group) is 1. The van der Waals surface area contributed by atoms with Gasteiger partial charge in [0.2, 0.25) is 0 Å². The predicted octanol–water partition coefficient (Wildman–Crippen LogP) is 0.223. The summed E-state index contributed by atoms with van der Waals surface area (Å²) in [5.41, 5.74) is 0.786. The molecule has 1 saturated heterocycles. The lowest BCUT2D eigenvalue weighted by atomic mass is 10.1. The molecule has 4 heterocycles. The Morgan fingerprint density at radius 2 is 2.17 bits per heavy atom. The molecular weight excluding hydrogens is 410 g/mol. The van der Waals surface area contributed by atoms with E-state index >= 15 is 0 Å². The molecule has 1 fully saturated rings. The number of rotatable bonds is 5. The highest BCUT2D eigenvalue weighted by atomic mass is 32.1. The van der Waals surface area contributed by atoms with Gasteiger partial charge in [-0.3, -0.25) is 9.36 Å². The Labute approximate surface area is 175 Å². The number of ether oxygens (including phenoxy) is 1. The quantitative estimate of drug-likeness (QED) is 0.445. The van der Waals surface area contributed by atoms with Crippen LogP contribution in [0.25, 0.3) is 21.9 Å². The number of nitriles is 1. The highest BCUT2D eigenvalue weighted by molar-refractivity contribution is 7.15. The maximum atomic E-state index is 12.2. The van der Waals surface area contributed by atoms with E-state index in [2.05, 4.69) is 31.7 Å². The summed E-state index contributed by atoms with van der Waals surface area (Å²) in [5.74, 6) is 0.312. The molecule has 4 unspecified atom stereocenters. The average Bonchev–Trinajstić information content (AvgIpc) is 3.46. The monoisotopic (exact) mass is 429 g/mol. The van der Waals surface area contributed by atoms with E-state index in [1.54, 1.807) is 26.1 Å². The number of imidazole rings is 1. The summed E-state index contributed by atoms with van der Waals surface area (Å²) < 4.78 is 7.15. The molecule has 12 heteroatoms. The summed E-state index contributed by atoms with van der Waals surface area (Å²) in [5, 5.41) is 35.5. The Kier molecular flexibility index (Phi) is 5.35. The van der Waals surface area contributed by atoms with Gasteiger partial charge in [0.15, 0.2) is 35.1 Å². The summed E-state index contributed by atoms with van der Waals surface area (Å²) in [6.45, 7) is 2.12. The van der Waals surface area contributed by atoms with Crippen molar-refractivity contribution < 1.29 is 19.7 Å². The maximum absolute atomic E-state index is 12.2. The predicted molar refractivity (Wildman–Crippen MR) is 108 cm³/mol. The van der Waals surface area contributed by atoms with Crippen molar-refractivity contribution >= 4 is 34.2 Å². The lowest BCUT2D eigenvalue weighted by Gasteiger charge is -2.16. The molecule has 0 bridgehead atoms. The van der Waals surface area contributed by atoms with Gasteiger partial charge in [-0.15, -0.1) is 11.3 Å². The molecule has 3 aromatic rings. The molecule has 0 spiro atoms. The van der Waals surface area contributed by atoms with Gasteiger partial charge in [0, 0.05) is 13.6 Å². The van der Waals surface area contributed by atoms with E-state index in [0.29, 0.717) is 39.1 Å². The molecule has 0 saturated carbocycles. The number of anilines is 1. The average molecular weight is 429 g/mol. The molecule has 30 heavy (non-hydrogen) atoms. The minimum absolute atomic E-state index is 0.351.